The molecule has 0 bridgehead atoms. The van der Waals surface area contributed by atoms with E-state index in [1.165, 1.54) is 0 Å². The molecule has 0 aliphatic carbocycles. The van der Waals surface area contributed by atoms with Crippen LogP contribution < -0.4 is 11.1 Å². The summed E-state index contributed by atoms with van der Waals surface area (Å²) in [5, 5.41) is 2.84. The van der Waals surface area contributed by atoms with Crippen molar-refractivity contribution >= 4 is 11.6 Å². The van der Waals surface area contributed by atoms with E-state index >= 15 is 0 Å². The first-order chi connectivity index (χ1) is 7.02. The highest BCUT2D eigenvalue weighted by Crippen LogP contribution is 2.12. The van der Waals surface area contributed by atoms with E-state index in [-0.39, 0.29) is 11.9 Å². The molecule has 15 heavy (non-hydrogen) atoms. The smallest absolute Gasteiger partial charge is 0.251 e. The molecule has 0 aromatic heterocycles. The van der Waals surface area contributed by atoms with Crippen molar-refractivity contribution in [1.29, 1.82) is 0 Å². The van der Waals surface area contributed by atoms with Crippen molar-refractivity contribution in [3.05, 3.63) is 29.3 Å². The van der Waals surface area contributed by atoms with Gasteiger partial charge in [0, 0.05) is 17.3 Å². The van der Waals surface area contributed by atoms with E-state index in [0.29, 0.717) is 11.3 Å². The molecule has 0 heterocycles. The van der Waals surface area contributed by atoms with Gasteiger partial charge in [-0.15, -0.1) is 0 Å². The molecular weight excluding hydrogens is 188 g/mol. The minimum atomic E-state index is -0.0630. The minimum Gasteiger partial charge on any atom is -0.399 e. The summed E-state index contributed by atoms with van der Waals surface area (Å²) in [4.78, 5) is 11.7. The molecule has 82 valence electrons. The van der Waals surface area contributed by atoms with E-state index < -0.39 is 0 Å². The summed E-state index contributed by atoms with van der Waals surface area (Å²) in [6.07, 6.45) is 0.882. The van der Waals surface area contributed by atoms with E-state index in [9.17, 15) is 4.79 Å². The predicted octanol–water partition coefficient (Wildman–Crippen LogP) is 1.97. The summed E-state index contributed by atoms with van der Waals surface area (Å²) < 4.78 is 0. The number of carbonyl (C=O) groups excluding carboxylic acids is 1. The first-order valence-corrected chi connectivity index (χ1v) is 5.23. The van der Waals surface area contributed by atoms with Crippen LogP contribution in [0, 0.1) is 0 Å². The van der Waals surface area contributed by atoms with Gasteiger partial charge in [-0.05, 0) is 44.0 Å². The molecule has 0 radical (unpaired) electrons. The van der Waals surface area contributed by atoms with E-state index in [1.54, 1.807) is 6.07 Å². The van der Waals surface area contributed by atoms with E-state index in [1.807, 2.05) is 32.9 Å². The van der Waals surface area contributed by atoms with Gasteiger partial charge in [-0.2, -0.15) is 0 Å². The summed E-state index contributed by atoms with van der Waals surface area (Å²) in [5.74, 6) is -0.0630. The highest BCUT2D eigenvalue weighted by Gasteiger charge is 2.08. The third-order valence-corrected chi connectivity index (χ3v) is 2.11. The molecule has 0 atom stereocenters. The van der Waals surface area contributed by atoms with E-state index in [2.05, 4.69) is 5.32 Å². The Morgan fingerprint density at radius 1 is 1.40 bits per heavy atom. The van der Waals surface area contributed by atoms with Gasteiger partial charge in [-0.3, -0.25) is 4.79 Å². The van der Waals surface area contributed by atoms with Crippen molar-refractivity contribution in [1.82, 2.24) is 5.32 Å². The molecule has 0 fully saturated rings. The van der Waals surface area contributed by atoms with Crippen LogP contribution in [0.5, 0.6) is 0 Å². The molecule has 1 aromatic rings. The number of carbonyl (C=O) groups is 1. The van der Waals surface area contributed by atoms with Crippen LogP contribution in [-0.4, -0.2) is 11.9 Å². The lowest BCUT2D eigenvalue weighted by Gasteiger charge is -2.10. The molecule has 0 aliphatic rings. The summed E-state index contributed by atoms with van der Waals surface area (Å²) in [6.45, 7) is 5.91. The van der Waals surface area contributed by atoms with Crippen molar-refractivity contribution in [3.63, 3.8) is 0 Å². The fourth-order valence-corrected chi connectivity index (χ4v) is 1.40. The number of anilines is 1. The number of amides is 1. The average Bonchev–Trinajstić information content (AvgIpc) is 2.15. The Bertz CT molecular complexity index is 359. The Balaban J connectivity index is 2.93. The average molecular weight is 206 g/mol. The third-order valence-electron chi connectivity index (χ3n) is 2.11. The molecule has 1 aromatic carbocycles. The highest BCUT2D eigenvalue weighted by molar-refractivity contribution is 5.95. The third kappa shape index (κ3) is 3.27. The summed E-state index contributed by atoms with van der Waals surface area (Å²) in [5.41, 5.74) is 8.09. The highest BCUT2D eigenvalue weighted by atomic mass is 16.1. The monoisotopic (exact) mass is 206 g/mol. The van der Waals surface area contributed by atoms with Gasteiger partial charge in [-0.25, -0.2) is 0 Å². The van der Waals surface area contributed by atoms with Crippen molar-refractivity contribution in [2.75, 3.05) is 5.73 Å². The minimum absolute atomic E-state index is 0.0630. The molecular formula is C12H18N2O. The molecule has 0 aliphatic heterocycles. The Morgan fingerprint density at radius 2 is 2.07 bits per heavy atom. The van der Waals surface area contributed by atoms with Crippen molar-refractivity contribution < 1.29 is 4.79 Å². The molecule has 0 unspecified atom stereocenters. The molecule has 3 nitrogen and oxygen atoms in total. The zero-order chi connectivity index (χ0) is 11.4. The molecule has 3 N–H and O–H groups in total. The standard InChI is InChI=1S/C12H18N2O/c1-4-9-5-10(7-11(13)6-9)12(15)14-8(2)3/h5-8H,4,13H2,1-3H3,(H,14,15). The van der Waals surface area contributed by atoms with Crippen LogP contribution in [0.1, 0.15) is 36.7 Å². The van der Waals surface area contributed by atoms with Crippen LogP contribution in [0.15, 0.2) is 18.2 Å². The SMILES string of the molecule is CCc1cc(N)cc(C(=O)NC(C)C)c1. The van der Waals surface area contributed by atoms with Crippen LogP contribution in [-0.2, 0) is 6.42 Å². The lowest BCUT2D eigenvalue weighted by Crippen LogP contribution is -2.30. The van der Waals surface area contributed by atoms with Gasteiger partial charge in [0.15, 0.2) is 0 Å². The fourth-order valence-electron chi connectivity index (χ4n) is 1.40. The maximum atomic E-state index is 11.7. The van der Waals surface area contributed by atoms with Gasteiger partial charge >= 0.3 is 0 Å². The van der Waals surface area contributed by atoms with Gasteiger partial charge < -0.3 is 11.1 Å². The van der Waals surface area contributed by atoms with Gasteiger partial charge in [0.2, 0.25) is 0 Å². The van der Waals surface area contributed by atoms with Crippen molar-refractivity contribution in [2.45, 2.75) is 33.2 Å². The van der Waals surface area contributed by atoms with Gasteiger partial charge in [-0.1, -0.05) is 6.92 Å². The number of rotatable bonds is 3. The topological polar surface area (TPSA) is 55.1 Å². The predicted molar refractivity (Wildman–Crippen MR) is 62.8 cm³/mol. The second-order valence-electron chi connectivity index (χ2n) is 3.94. The number of nitrogens with one attached hydrogen (secondary N) is 1. The molecule has 3 heteroatoms. The maximum Gasteiger partial charge on any atom is 0.251 e. The molecule has 1 amide bonds. The van der Waals surface area contributed by atoms with Gasteiger partial charge in [0.25, 0.3) is 5.91 Å². The lowest BCUT2D eigenvalue weighted by molar-refractivity contribution is 0.0943. The van der Waals surface area contributed by atoms with Crippen molar-refractivity contribution in [3.8, 4) is 0 Å². The number of nitrogen functional groups attached to an aromatic ring is 1. The summed E-state index contributed by atoms with van der Waals surface area (Å²) >= 11 is 0. The Morgan fingerprint density at radius 3 is 2.60 bits per heavy atom. The number of benzene rings is 1. The Kier molecular flexibility index (Phi) is 3.72. The molecule has 1 rings (SSSR count). The number of hydrogen-bond acceptors (Lipinski definition) is 2. The van der Waals surface area contributed by atoms with E-state index in [4.69, 9.17) is 5.73 Å². The lowest BCUT2D eigenvalue weighted by atomic mass is 10.1. The number of aryl methyl sites for hydroxylation is 1. The summed E-state index contributed by atoms with van der Waals surface area (Å²) in [6, 6.07) is 5.63. The molecule has 0 saturated heterocycles. The van der Waals surface area contributed by atoms with Crippen LogP contribution in [0.2, 0.25) is 0 Å². The van der Waals surface area contributed by atoms with Gasteiger partial charge in [0.1, 0.15) is 0 Å². The zero-order valence-corrected chi connectivity index (χ0v) is 9.50. The van der Waals surface area contributed by atoms with Crippen LogP contribution in [0.25, 0.3) is 0 Å². The second kappa shape index (κ2) is 4.82. The quantitative estimate of drug-likeness (QED) is 0.743. The number of hydrogen-bond donors (Lipinski definition) is 2. The normalized spacial score (nSPS) is 10.4. The molecule has 0 spiro atoms. The van der Waals surface area contributed by atoms with Crippen LogP contribution in [0.3, 0.4) is 0 Å². The maximum absolute atomic E-state index is 11.7. The summed E-state index contributed by atoms with van der Waals surface area (Å²) in [7, 11) is 0. The van der Waals surface area contributed by atoms with E-state index in [0.717, 1.165) is 12.0 Å². The Labute approximate surface area is 90.7 Å². The Hall–Kier alpha value is -1.51. The van der Waals surface area contributed by atoms with Crippen LogP contribution >= 0.6 is 0 Å². The largest absolute Gasteiger partial charge is 0.399 e. The first kappa shape index (κ1) is 11.6. The number of nitrogens with two attached hydrogens (primary N) is 1. The second-order valence-corrected chi connectivity index (χ2v) is 3.94. The fraction of sp³-hybridized carbons (Fsp3) is 0.417. The van der Waals surface area contributed by atoms with Crippen molar-refractivity contribution in [2.24, 2.45) is 0 Å². The first-order valence-electron chi connectivity index (χ1n) is 5.23. The van der Waals surface area contributed by atoms with Crippen LogP contribution in [0.4, 0.5) is 5.69 Å². The zero-order valence-electron chi connectivity index (χ0n) is 9.50. The molecule has 0 saturated carbocycles. The van der Waals surface area contributed by atoms with Gasteiger partial charge in [0.05, 0.1) is 0 Å².